The van der Waals surface area contributed by atoms with Gasteiger partial charge in [-0.25, -0.2) is 28.7 Å². The van der Waals surface area contributed by atoms with Crippen LogP contribution in [0.1, 0.15) is 19.0 Å². The highest BCUT2D eigenvalue weighted by atomic mass is 19.3. The summed E-state index contributed by atoms with van der Waals surface area (Å²) >= 11 is 0. The minimum absolute atomic E-state index is 0.0463. The fourth-order valence-corrected chi connectivity index (χ4v) is 3.53. The molecule has 4 heterocycles. The van der Waals surface area contributed by atoms with Crippen molar-refractivity contribution >= 4 is 17.6 Å². The zero-order valence-electron chi connectivity index (χ0n) is 16.1. The van der Waals surface area contributed by atoms with Crippen LogP contribution in [0.3, 0.4) is 0 Å². The first-order valence-corrected chi connectivity index (χ1v) is 9.49. The average Bonchev–Trinajstić information content (AvgIpc) is 2.74. The van der Waals surface area contributed by atoms with Gasteiger partial charge in [-0.15, -0.1) is 0 Å². The molecule has 11 heteroatoms. The number of nitrogens with zero attached hydrogens (tertiary/aromatic N) is 6. The second-order valence-corrected chi connectivity index (χ2v) is 6.95. The van der Waals surface area contributed by atoms with E-state index < -0.39 is 12.1 Å². The van der Waals surface area contributed by atoms with Gasteiger partial charge in [-0.3, -0.25) is 0 Å². The predicted octanol–water partition coefficient (Wildman–Crippen LogP) is 1.52. The van der Waals surface area contributed by atoms with Gasteiger partial charge in [-0.1, -0.05) is 0 Å². The number of alkyl halides is 2. The van der Waals surface area contributed by atoms with Crippen LogP contribution in [0.2, 0.25) is 0 Å². The van der Waals surface area contributed by atoms with Crippen LogP contribution in [0.15, 0.2) is 12.4 Å². The number of anilines is 3. The molecule has 2 aliphatic rings. The van der Waals surface area contributed by atoms with Crippen molar-refractivity contribution in [2.45, 2.75) is 19.4 Å². The first-order chi connectivity index (χ1) is 14.0. The zero-order valence-corrected chi connectivity index (χ0v) is 16.1. The number of rotatable bonds is 4. The standard InChI is InChI=1S/C18H23F2N7O2/c1-11-10-29-7-4-27(11)13-9-23-18(26-2-5-28-6-3-26)25-14(13)12-8-22-17(21)24-15(12)16(19)20/h8-9,11,16H,2-7,10H2,1H3,(H2,21,22,24)/t11-/m0/s1. The Bertz CT molecular complexity index is 864. The Morgan fingerprint density at radius 2 is 1.83 bits per heavy atom. The number of halogens is 2. The molecule has 0 unspecified atom stereocenters. The van der Waals surface area contributed by atoms with E-state index in [1.807, 2.05) is 11.8 Å². The fraction of sp³-hybridized carbons (Fsp3) is 0.556. The minimum Gasteiger partial charge on any atom is -0.378 e. The predicted molar refractivity (Wildman–Crippen MR) is 103 cm³/mol. The summed E-state index contributed by atoms with van der Waals surface area (Å²) < 4.78 is 38.4. The molecule has 0 bridgehead atoms. The third-order valence-electron chi connectivity index (χ3n) is 5.03. The van der Waals surface area contributed by atoms with Crippen molar-refractivity contribution in [1.29, 1.82) is 0 Å². The van der Waals surface area contributed by atoms with Gasteiger partial charge in [-0.2, -0.15) is 0 Å². The average molecular weight is 407 g/mol. The van der Waals surface area contributed by atoms with Crippen molar-refractivity contribution in [2.24, 2.45) is 0 Å². The normalized spacial score (nSPS) is 20.3. The Morgan fingerprint density at radius 3 is 2.55 bits per heavy atom. The summed E-state index contributed by atoms with van der Waals surface area (Å²) in [5, 5.41) is 0. The first-order valence-electron chi connectivity index (χ1n) is 9.49. The van der Waals surface area contributed by atoms with Gasteiger partial charge in [0.1, 0.15) is 11.4 Å². The molecule has 156 valence electrons. The van der Waals surface area contributed by atoms with Crippen LogP contribution in [0.25, 0.3) is 11.3 Å². The molecule has 2 aliphatic heterocycles. The molecule has 0 spiro atoms. The van der Waals surface area contributed by atoms with Crippen LogP contribution in [-0.2, 0) is 9.47 Å². The molecule has 2 saturated heterocycles. The summed E-state index contributed by atoms with van der Waals surface area (Å²) in [6, 6.07) is 0.0463. The van der Waals surface area contributed by atoms with E-state index >= 15 is 0 Å². The Hall–Kier alpha value is -2.66. The molecule has 29 heavy (non-hydrogen) atoms. The number of hydrogen-bond donors (Lipinski definition) is 1. The maximum absolute atomic E-state index is 13.7. The molecule has 0 saturated carbocycles. The van der Waals surface area contributed by atoms with Gasteiger partial charge in [-0.05, 0) is 6.92 Å². The molecule has 1 atom stereocenters. The molecule has 9 nitrogen and oxygen atoms in total. The molecule has 2 aromatic rings. The van der Waals surface area contributed by atoms with Crippen molar-refractivity contribution < 1.29 is 18.3 Å². The molecular weight excluding hydrogens is 384 g/mol. The van der Waals surface area contributed by atoms with Crippen molar-refractivity contribution in [3.05, 3.63) is 18.1 Å². The van der Waals surface area contributed by atoms with Crippen LogP contribution in [0, 0.1) is 0 Å². The third kappa shape index (κ3) is 4.06. The summed E-state index contributed by atoms with van der Waals surface area (Å²) in [5.41, 5.74) is 6.28. The lowest BCUT2D eigenvalue weighted by atomic mass is 10.1. The number of ether oxygens (including phenoxy) is 2. The van der Waals surface area contributed by atoms with Gasteiger partial charge in [0, 0.05) is 37.4 Å². The lowest BCUT2D eigenvalue weighted by molar-refractivity contribution is 0.0989. The Balaban J connectivity index is 1.84. The maximum atomic E-state index is 13.7. The monoisotopic (exact) mass is 407 g/mol. The molecule has 2 aromatic heterocycles. The molecule has 0 aromatic carbocycles. The van der Waals surface area contributed by atoms with Gasteiger partial charge in [0.05, 0.1) is 38.3 Å². The van der Waals surface area contributed by atoms with E-state index in [-0.39, 0.29) is 17.6 Å². The van der Waals surface area contributed by atoms with E-state index in [0.717, 1.165) is 0 Å². The molecule has 0 radical (unpaired) electrons. The van der Waals surface area contributed by atoms with Crippen LogP contribution < -0.4 is 15.5 Å². The summed E-state index contributed by atoms with van der Waals surface area (Å²) in [4.78, 5) is 20.9. The summed E-state index contributed by atoms with van der Waals surface area (Å²) in [5.74, 6) is 0.262. The molecule has 0 amide bonds. The molecule has 2 N–H and O–H groups in total. The van der Waals surface area contributed by atoms with E-state index in [4.69, 9.17) is 15.2 Å². The second kappa shape index (κ2) is 8.37. The van der Waals surface area contributed by atoms with Crippen molar-refractivity contribution in [2.75, 3.05) is 61.6 Å². The maximum Gasteiger partial charge on any atom is 0.281 e. The van der Waals surface area contributed by atoms with E-state index in [0.29, 0.717) is 63.4 Å². The van der Waals surface area contributed by atoms with Crippen molar-refractivity contribution in [3.63, 3.8) is 0 Å². The van der Waals surface area contributed by atoms with Gasteiger partial charge < -0.3 is 25.0 Å². The zero-order chi connectivity index (χ0) is 20.4. The first kappa shape index (κ1) is 19.6. The summed E-state index contributed by atoms with van der Waals surface area (Å²) in [6.07, 6.45) is 0.178. The second-order valence-electron chi connectivity index (χ2n) is 6.95. The van der Waals surface area contributed by atoms with E-state index in [9.17, 15) is 8.78 Å². The van der Waals surface area contributed by atoms with Gasteiger partial charge in [0.15, 0.2) is 0 Å². The smallest absolute Gasteiger partial charge is 0.281 e. The number of hydrogen-bond acceptors (Lipinski definition) is 9. The molecule has 0 aliphatic carbocycles. The highest BCUT2D eigenvalue weighted by molar-refractivity contribution is 5.77. The summed E-state index contributed by atoms with van der Waals surface area (Å²) in [7, 11) is 0. The summed E-state index contributed by atoms with van der Waals surface area (Å²) in [6.45, 7) is 6.07. The topological polar surface area (TPSA) is 103 Å². The largest absolute Gasteiger partial charge is 0.378 e. The van der Waals surface area contributed by atoms with Crippen LogP contribution in [0.4, 0.5) is 26.4 Å². The Morgan fingerprint density at radius 1 is 1.07 bits per heavy atom. The van der Waals surface area contributed by atoms with Gasteiger partial charge in [0.2, 0.25) is 11.9 Å². The van der Waals surface area contributed by atoms with Crippen LogP contribution in [0.5, 0.6) is 0 Å². The van der Waals surface area contributed by atoms with E-state index in [2.05, 4.69) is 24.8 Å². The molecule has 4 rings (SSSR count). The Labute approximate surface area is 166 Å². The third-order valence-corrected chi connectivity index (χ3v) is 5.03. The van der Waals surface area contributed by atoms with Gasteiger partial charge in [0.25, 0.3) is 6.43 Å². The molecular formula is C18H23F2N7O2. The lowest BCUT2D eigenvalue weighted by Crippen LogP contribution is -2.44. The minimum atomic E-state index is -2.81. The Kier molecular flexibility index (Phi) is 5.67. The highest BCUT2D eigenvalue weighted by Gasteiger charge is 2.28. The molecule has 2 fully saturated rings. The number of aromatic nitrogens is 4. The van der Waals surface area contributed by atoms with Crippen LogP contribution in [-0.4, -0.2) is 72.0 Å². The van der Waals surface area contributed by atoms with Crippen LogP contribution >= 0.6 is 0 Å². The fourth-order valence-electron chi connectivity index (χ4n) is 3.53. The van der Waals surface area contributed by atoms with Crippen molar-refractivity contribution in [1.82, 2.24) is 19.9 Å². The SMILES string of the molecule is C[C@H]1COCCN1c1cnc(N2CCOCC2)nc1-c1cnc(N)nc1C(F)F. The number of nitrogen functional groups attached to an aromatic ring is 1. The lowest BCUT2D eigenvalue weighted by Gasteiger charge is -2.36. The number of nitrogens with two attached hydrogens (primary N) is 1. The number of morpholine rings is 2. The van der Waals surface area contributed by atoms with E-state index in [1.54, 1.807) is 6.20 Å². The quantitative estimate of drug-likeness (QED) is 0.808. The van der Waals surface area contributed by atoms with Gasteiger partial charge >= 0.3 is 0 Å². The van der Waals surface area contributed by atoms with E-state index in [1.165, 1.54) is 6.20 Å². The highest BCUT2D eigenvalue weighted by Crippen LogP contribution is 2.36. The van der Waals surface area contributed by atoms with Crippen molar-refractivity contribution in [3.8, 4) is 11.3 Å².